The zero-order valence-electron chi connectivity index (χ0n) is 19.6. The Morgan fingerprint density at radius 3 is 2.41 bits per heavy atom. The van der Waals surface area contributed by atoms with E-state index < -0.39 is 6.10 Å². The van der Waals surface area contributed by atoms with Gasteiger partial charge < -0.3 is 9.47 Å². The van der Waals surface area contributed by atoms with E-state index in [1.165, 1.54) is 12.8 Å². The summed E-state index contributed by atoms with van der Waals surface area (Å²) in [6.07, 6.45) is 7.36. The highest BCUT2D eigenvalue weighted by atomic mass is 16.5. The lowest BCUT2D eigenvalue weighted by Gasteiger charge is -2.48. The molecule has 1 aliphatic carbocycles. The normalized spacial score (nSPS) is 28.2. The molecule has 5 unspecified atom stereocenters. The molecule has 1 amide bonds. The van der Waals surface area contributed by atoms with Crippen LogP contribution < -0.4 is 9.64 Å². The number of ether oxygens (including phenoxy) is 2. The minimum atomic E-state index is -0.436. The highest BCUT2D eigenvalue weighted by molar-refractivity contribution is 6.05. The molecule has 0 bridgehead atoms. The van der Waals surface area contributed by atoms with Crippen LogP contribution >= 0.6 is 0 Å². The van der Waals surface area contributed by atoms with Crippen molar-refractivity contribution in [2.75, 3.05) is 12.0 Å². The SMILES string of the molecule is COc1ccc(N2C(=O)C(OC3CC(C)CCC3C(C)C)C2/C=C/c2ccccc2)cc1. The van der Waals surface area contributed by atoms with E-state index in [1.54, 1.807) is 7.11 Å². The maximum atomic E-state index is 13.3. The van der Waals surface area contributed by atoms with Crippen LogP contribution in [-0.2, 0) is 9.53 Å². The van der Waals surface area contributed by atoms with Crippen LogP contribution in [0.5, 0.6) is 5.75 Å². The van der Waals surface area contributed by atoms with Crippen LogP contribution in [0.15, 0.2) is 60.7 Å². The minimum absolute atomic E-state index is 0.0404. The molecule has 2 aliphatic rings. The molecule has 32 heavy (non-hydrogen) atoms. The Balaban J connectivity index is 1.58. The largest absolute Gasteiger partial charge is 0.497 e. The molecule has 0 N–H and O–H groups in total. The van der Waals surface area contributed by atoms with Crippen molar-refractivity contribution in [3.8, 4) is 5.75 Å². The molecular weight excluding hydrogens is 398 g/mol. The Labute approximate surface area is 192 Å². The molecule has 0 spiro atoms. The number of nitrogens with zero attached hydrogens (tertiary/aromatic N) is 1. The molecule has 4 rings (SSSR count). The number of hydrogen-bond acceptors (Lipinski definition) is 3. The van der Waals surface area contributed by atoms with Gasteiger partial charge in [0.15, 0.2) is 6.10 Å². The van der Waals surface area contributed by atoms with E-state index in [4.69, 9.17) is 9.47 Å². The maximum Gasteiger partial charge on any atom is 0.259 e. The second kappa shape index (κ2) is 9.91. The van der Waals surface area contributed by atoms with E-state index >= 15 is 0 Å². The fourth-order valence-corrected chi connectivity index (χ4v) is 5.08. The summed E-state index contributed by atoms with van der Waals surface area (Å²) in [7, 11) is 1.65. The Kier molecular flexibility index (Phi) is 7.00. The Morgan fingerprint density at radius 1 is 1.03 bits per heavy atom. The molecular formula is C28H35NO3. The van der Waals surface area contributed by atoms with Crippen LogP contribution in [0, 0.1) is 17.8 Å². The van der Waals surface area contributed by atoms with Crippen molar-refractivity contribution >= 4 is 17.7 Å². The number of carbonyl (C=O) groups is 1. The third kappa shape index (κ3) is 4.75. The molecule has 5 atom stereocenters. The zero-order valence-corrected chi connectivity index (χ0v) is 19.6. The first kappa shape index (κ1) is 22.6. The summed E-state index contributed by atoms with van der Waals surface area (Å²) in [5.74, 6) is 2.52. The van der Waals surface area contributed by atoms with E-state index in [0.29, 0.717) is 17.8 Å². The predicted octanol–water partition coefficient (Wildman–Crippen LogP) is 5.97. The van der Waals surface area contributed by atoms with Crippen molar-refractivity contribution in [3.05, 3.63) is 66.2 Å². The molecule has 2 fully saturated rings. The van der Waals surface area contributed by atoms with Crippen molar-refractivity contribution in [2.24, 2.45) is 17.8 Å². The summed E-state index contributed by atoms with van der Waals surface area (Å²) < 4.78 is 11.9. The first-order chi connectivity index (χ1) is 15.5. The Bertz CT molecular complexity index is 921. The van der Waals surface area contributed by atoms with Gasteiger partial charge in [0, 0.05) is 5.69 Å². The van der Waals surface area contributed by atoms with Crippen LogP contribution in [0.1, 0.15) is 45.6 Å². The standard InChI is InChI=1S/C28H35NO3/c1-19(2)24-16-10-20(3)18-26(24)32-27-25(17-11-21-8-6-5-7-9-21)29(28(27)30)22-12-14-23(31-4)15-13-22/h5-9,11-15,17,19-20,24-27H,10,16,18H2,1-4H3/b17-11+. The zero-order chi connectivity index (χ0) is 22.7. The smallest absolute Gasteiger partial charge is 0.259 e. The Morgan fingerprint density at radius 2 is 1.75 bits per heavy atom. The average Bonchev–Trinajstić information content (AvgIpc) is 2.80. The lowest BCUT2D eigenvalue weighted by molar-refractivity contribution is -0.154. The quantitative estimate of drug-likeness (QED) is 0.505. The first-order valence-electron chi connectivity index (χ1n) is 11.8. The fourth-order valence-electron chi connectivity index (χ4n) is 5.08. The molecule has 1 saturated heterocycles. The van der Waals surface area contributed by atoms with E-state index in [2.05, 4.69) is 45.1 Å². The minimum Gasteiger partial charge on any atom is -0.497 e. The number of amides is 1. The lowest BCUT2D eigenvalue weighted by atomic mass is 9.75. The van der Waals surface area contributed by atoms with E-state index in [1.807, 2.05) is 47.4 Å². The van der Waals surface area contributed by atoms with Crippen LogP contribution in [0.4, 0.5) is 5.69 Å². The molecule has 4 heteroatoms. The van der Waals surface area contributed by atoms with Crippen LogP contribution in [-0.4, -0.2) is 31.3 Å². The third-order valence-electron chi connectivity index (χ3n) is 7.01. The summed E-state index contributed by atoms with van der Waals surface area (Å²) in [5.41, 5.74) is 1.99. The summed E-state index contributed by atoms with van der Waals surface area (Å²) in [6.45, 7) is 6.85. The summed E-state index contributed by atoms with van der Waals surface area (Å²) >= 11 is 0. The molecule has 0 radical (unpaired) electrons. The van der Waals surface area contributed by atoms with Gasteiger partial charge in [0.25, 0.3) is 5.91 Å². The molecule has 4 nitrogen and oxygen atoms in total. The molecule has 1 saturated carbocycles. The number of β-lactam (4-membered cyclic amide) rings is 1. The molecule has 0 aromatic heterocycles. The topological polar surface area (TPSA) is 38.8 Å². The van der Waals surface area contributed by atoms with Gasteiger partial charge in [-0.25, -0.2) is 0 Å². The van der Waals surface area contributed by atoms with Gasteiger partial charge in [0.2, 0.25) is 0 Å². The van der Waals surface area contributed by atoms with Crippen molar-refractivity contribution in [2.45, 2.75) is 58.3 Å². The van der Waals surface area contributed by atoms with Gasteiger partial charge in [0.1, 0.15) is 5.75 Å². The number of rotatable bonds is 7. The van der Waals surface area contributed by atoms with Gasteiger partial charge >= 0.3 is 0 Å². The number of hydrogen-bond donors (Lipinski definition) is 0. The molecule has 170 valence electrons. The average molecular weight is 434 g/mol. The summed E-state index contributed by atoms with van der Waals surface area (Å²) in [5, 5.41) is 0. The van der Waals surface area contributed by atoms with E-state index in [9.17, 15) is 4.79 Å². The van der Waals surface area contributed by atoms with E-state index in [-0.39, 0.29) is 18.1 Å². The van der Waals surface area contributed by atoms with Crippen LogP contribution in [0.25, 0.3) is 6.08 Å². The van der Waals surface area contributed by atoms with Gasteiger partial charge in [-0.05, 0) is 60.4 Å². The maximum absolute atomic E-state index is 13.3. The van der Waals surface area contributed by atoms with Gasteiger partial charge in [-0.3, -0.25) is 9.69 Å². The monoisotopic (exact) mass is 433 g/mol. The predicted molar refractivity (Wildman–Crippen MR) is 130 cm³/mol. The third-order valence-corrected chi connectivity index (χ3v) is 7.01. The summed E-state index contributed by atoms with van der Waals surface area (Å²) in [6, 6.07) is 17.8. The van der Waals surface area contributed by atoms with Crippen LogP contribution in [0.3, 0.4) is 0 Å². The van der Waals surface area contributed by atoms with Crippen LogP contribution in [0.2, 0.25) is 0 Å². The number of benzene rings is 2. The molecule has 2 aromatic carbocycles. The fraction of sp³-hybridized carbons (Fsp3) is 0.464. The second-order valence-electron chi connectivity index (χ2n) is 9.59. The second-order valence-corrected chi connectivity index (χ2v) is 9.59. The lowest BCUT2D eigenvalue weighted by Crippen LogP contribution is -2.66. The van der Waals surface area contributed by atoms with Crippen molar-refractivity contribution in [3.63, 3.8) is 0 Å². The van der Waals surface area contributed by atoms with Crippen molar-refractivity contribution in [1.82, 2.24) is 0 Å². The van der Waals surface area contributed by atoms with E-state index in [0.717, 1.165) is 23.4 Å². The number of anilines is 1. The Hall–Kier alpha value is -2.59. The molecule has 1 heterocycles. The molecule has 2 aromatic rings. The van der Waals surface area contributed by atoms with Gasteiger partial charge in [-0.1, -0.05) is 69.7 Å². The molecule has 1 aliphatic heterocycles. The highest BCUT2D eigenvalue weighted by Gasteiger charge is 2.50. The number of methoxy groups -OCH3 is 1. The summed E-state index contributed by atoms with van der Waals surface area (Å²) in [4.78, 5) is 15.2. The highest BCUT2D eigenvalue weighted by Crippen LogP contribution is 2.39. The van der Waals surface area contributed by atoms with Gasteiger partial charge in [0.05, 0.1) is 19.3 Å². The first-order valence-corrected chi connectivity index (χ1v) is 11.8. The van der Waals surface area contributed by atoms with Gasteiger partial charge in [-0.15, -0.1) is 0 Å². The van der Waals surface area contributed by atoms with Crippen molar-refractivity contribution < 1.29 is 14.3 Å². The van der Waals surface area contributed by atoms with Crippen molar-refractivity contribution in [1.29, 1.82) is 0 Å². The number of carbonyl (C=O) groups excluding carboxylic acids is 1. The van der Waals surface area contributed by atoms with Gasteiger partial charge in [-0.2, -0.15) is 0 Å².